The number of anilines is 1. The third-order valence-electron chi connectivity index (χ3n) is 4.30. The lowest BCUT2D eigenvalue weighted by molar-refractivity contribution is -0.384. The normalized spacial score (nSPS) is 16.1. The number of amides is 2. The Morgan fingerprint density at radius 3 is 2.84 bits per heavy atom. The molecule has 7 nitrogen and oxygen atoms in total. The molecule has 0 spiro atoms. The second-order valence-electron chi connectivity index (χ2n) is 6.18. The first-order chi connectivity index (χ1) is 11.9. The van der Waals surface area contributed by atoms with Gasteiger partial charge in [0.2, 0.25) is 0 Å². The van der Waals surface area contributed by atoms with Gasteiger partial charge in [-0.05, 0) is 36.8 Å². The van der Waals surface area contributed by atoms with E-state index in [-0.39, 0.29) is 11.3 Å². The molecule has 0 saturated heterocycles. The fourth-order valence-corrected chi connectivity index (χ4v) is 4.29. The van der Waals surface area contributed by atoms with Gasteiger partial charge in [0.05, 0.1) is 10.5 Å². The van der Waals surface area contributed by atoms with Gasteiger partial charge in [0.1, 0.15) is 5.00 Å². The Kier molecular flexibility index (Phi) is 4.54. The Morgan fingerprint density at radius 2 is 2.16 bits per heavy atom. The van der Waals surface area contributed by atoms with Gasteiger partial charge in [0, 0.05) is 22.6 Å². The molecule has 2 aromatic rings. The molecule has 2 amide bonds. The van der Waals surface area contributed by atoms with Crippen molar-refractivity contribution in [2.24, 2.45) is 11.7 Å². The van der Waals surface area contributed by atoms with Crippen LogP contribution < -0.4 is 11.1 Å². The SMILES string of the molecule is C[C@H]1CCc2sc(NC(=O)c3cccc([N+](=O)[O-])c3)c(C(N)=O)c2C1. The number of rotatable bonds is 4. The summed E-state index contributed by atoms with van der Waals surface area (Å²) in [6.45, 7) is 2.12. The number of carbonyl (C=O) groups excluding carboxylic acids is 2. The lowest BCUT2D eigenvalue weighted by Gasteiger charge is -2.18. The first kappa shape index (κ1) is 17.1. The van der Waals surface area contributed by atoms with Crippen LogP contribution in [0.15, 0.2) is 24.3 Å². The zero-order valence-corrected chi connectivity index (χ0v) is 14.4. The zero-order valence-electron chi connectivity index (χ0n) is 13.6. The highest BCUT2D eigenvalue weighted by molar-refractivity contribution is 7.17. The van der Waals surface area contributed by atoms with E-state index in [1.807, 2.05) is 0 Å². The number of primary amides is 1. The van der Waals surface area contributed by atoms with Crippen LogP contribution in [0.5, 0.6) is 0 Å². The van der Waals surface area contributed by atoms with Crippen molar-refractivity contribution in [3.05, 3.63) is 55.9 Å². The van der Waals surface area contributed by atoms with E-state index in [2.05, 4.69) is 12.2 Å². The Bertz CT molecular complexity index is 875. The molecular formula is C17H17N3O4S. The predicted octanol–water partition coefficient (Wildman–Crippen LogP) is 3.13. The summed E-state index contributed by atoms with van der Waals surface area (Å²) >= 11 is 1.36. The topological polar surface area (TPSA) is 115 Å². The molecule has 0 saturated carbocycles. The minimum atomic E-state index is -0.569. The lowest BCUT2D eigenvalue weighted by Crippen LogP contribution is -2.19. The van der Waals surface area contributed by atoms with Crippen molar-refractivity contribution >= 4 is 33.8 Å². The van der Waals surface area contributed by atoms with Crippen LogP contribution in [0, 0.1) is 16.0 Å². The predicted molar refractivity (Wildman–Crippen MR) is 95.1 cm³/mol. The van der Waals surface area contributed by atoms with Gasteiger partial charge in [-0.1, -0.05) is 13.0 Å². The quantitative estimate of drug-likeness (QED) is 0.644. The molecule has 1 aliphatic carbocycles. The number of hydrogen-bond donors (Lipinski definition) is 2. The van der Waals surface area contributed by atoms with Crippen molar-refractivity contribution in [1.29, 1.82) is 0 Å². The summed E-state index contributed by atoms with van der Waals surface area (Å²) in [5, 5.41) is 14.0. The molecule has 0 aliphatic heterocycles. The van der Waals surface area contributed by atoms with Gasteiger partial charge in [-0.25, -0.2) is 0 Å². The molecule has 1 aromatic carbocycles. The molecule has 1 aromatic heterocycles. The molecule has 1 aliphatic rings. The monoisotopic (exact) mass is 359 g/mol. The maximum Gasteiger partial charge on any atom is 0.270 e. The highest BCUT2D eigenvalue weighted by atomic mass is 32.1. The van der Waals surface area contributed by atoms with E-state index in [9.17, 15) is 19.7 Å². The number of aryl methyl sites for hydroxylation is 1. The summed E-state index contributed by atoms with van der Waals surface area (Å²) in [7, 11) is 0. The average molecular weight is 359 g/mol. The maximum atomic E-state index is 12.5. The Morgan fingerprint density at radius 1 is 1.40 bits per heavy atom. The summed E-state index contributed by atoms with van der Waals surface area (Å²) in [6.07, 6.45) is 2.65. The average Bonchev–Trinajstić information content (AvgIpc) is 2.92. The molecule has 8 heteroatoms. The summed E-state index contributed by atoms with van der Waals surface area (Å²) in [5.74, 6) is -0.612. The van der Waals surface area contributed by atoms with Crippen LogP contribution in [0.3, 0.4) is 0 Å². The number of nitro benzene ring substituents is 1. The molecule has 0 radical (unpaired) electrons. The van der Waals surface area contributed by atoms with Gasteiger partial charge >= 0.3 is 0 Å². The second-order valence-corrected chi connectivity index (χ2v) is 7.29. The van der Waals surface area contributed by atoms with E-state index >= 15 is 0 Å². The first-order valence-electron chi connectivity index (χ1n) is 7.87. The van der Waals surface area contributed by atoms with Gasteiger partial charge in [-0.2, -0.15) is 0 Å². The minimum Gasteiger partial charge on any atom is -0.365 e. The number of nitrogens with zero attached hydrogens (tertiary/aromatic N) is 1. The van der Waals surface area contributed by atoms with Gasteiger partial charge in [-0.3, -0.25) is 19.7 Å². The summed E-state index contributed by atoms with van der Waals surface area (Å²) in [4.78, 5) is 35.7. The summed E-state index contributed by atoms with van der Waals surface area (Å²) < 4.78 is 0. The number of thiophene rings is 1. The van der Waals surface area contributed by atoms with Crippen molar-refractivity contribution in [2.45, 2.75) is 26.2 Å². The molecule has 1 atom stereocenters. The zero-order chi connectivity index (χ0) is 18.1. The number of nitro groups is 1. The number of nitrogens with two attached hydrogens (primary N) is 1. The van der Waals surface area contributed by atoms with Crippen molar-refractivity contribution in [3.8, 4) is 0 Å². The molecule has 130 valence electrons. The van der Waals surface area contributed by atoms with Crippen LogP contribution >= 0.6 is 11.3 Å². The van der Waals surface area contributed by atoms with Crippen molar-refractivity contribution in [3.63, 3.8) is 0 Å². The Labute approximate surface area is 148 Å². The number of benzene rings is 1. The van der Waals surface area contributed by atoms with Gasteiger partial charge < -0.3 is 11.1 Å². The van der Waals surface area contributed by atoms with Crippen molar-refractivity contribution < 1.29 is 14.5 Å². The summed E-state index contributed by atoms with van der Waals surface area (Å²) in [6, 6.07) is 5.46. The van der Waals surface area contributed by atoms with Crippen LogP contribution in [0.2, 0.25) is 0 Å². The number of non-ortho nitro benzene ring substituents is 1. The van der Waals surface area contributed by atoms with E-state index in [1.165, 1.54) is 35.6 Å². The third kappa shape index (κ3) is 3.39. The van der Waals surface area contributed by atoms with Gasteiger partial charge in [-0.15, -0.1) is 11.3 Å². The van der Waals surface area contributed by atoms with E-state index in [0.29, 0.717) is 16.5 Å². The third-order valence-corrected chi connectivity index (χ3v) is 5.51. The second kappa shape index (κ2) is 6.64. The van der Waals surface area contributed by atoms with Crippen LogP contribution in [-0.4, -0.2) is 16.7 Å². The number of fused-ring (bicyclic) bond motifs is 1. The molecule has 0 bridgehead atoms. The van der Waals surface area contributed by atoms with Crippen LogP contribution in [0.4, 0.5) is 10.7 Å². The molecule has 3 rings (SSSR count). The van der Waals surface area contributed by atoms with E-state index in [0.717, 1.165) is 29.7 Å². The molecule has 3 N–H and O–H groups in total. The standard InChI is InChI=1S/C17H17N3O4S/c1-9-5-6-13-12(7-9)14(15(18)21)17(25-13)19-16(22)10-3-2-4-11(8-10)20(23)24/h2-4,8-9H,5-7H2,1H3,(H2,18,21)(H,19,22)/t9-/m0/s1. The van der Waals surface area contributed by atoms with E-state index < -0.39 is 16.7 Å². The van der Waals surface area contributed by atoms with Crippen molar-refractivity contribution in [1.82, 2.24) is 0 Å². The largest absolute Gasteiger partial charge is 0.365 e. The van der Waals surface area contributed by atoms with Gasteiger partial charge in [0.25, 0.3) is 17.5 Å². The minimum absolute atomic E-state index is 0.157. The van der Waals surface area contributed by atoms with Gasteiger partial charge in [0.15, 0.2) is 0 Å². The highest BCUT2D eigenvalue weighted by Crippen LogP contribution is 2.39. The summed E-state index contributed by atoms with van der Waals surface area (Å²) in [5.41, 5.74) is 6.81. The van der Waals surface area contributed by atoms with E-state index in [4.69, 9.17) is 5.73 Å². The van der Waals surface area contributed by atoms with Crippen LogP contribution in [-0.2, 0) is 12.8 Å². The maximum absolute atomic E-state index is 12.5. The molecule has 0 fully saturated rings. The molecule has 0 unspecified atom stereocenters. The molecular weight excluding hydrogens is 342 g/mol. The first-order valence-corrected chi connectivity index (χ1v) is 8.68. The van der Waals surface area contributed by atoms with Crippen LogP contribution in [0.25, 0.3) is 0 Å². The lowest BCUT2D eigenvalue weighted by atomic mass is 9.87. The smallest absolute Gasteiger partial charge is 0.270 e. The Balaban J connectivity index is 1.93. The molecule has 1 heterocycles. The number of hydrogen-bond acceptors (Lipinski definition) is 5. The molecule has 25 heavy (non-hydrogen) atoms. The van der Waals surface area contributed by atoms with Crippen molar-refractivity contribution in [2.75, 3.05) is 5.32 Å². The highest BCUT2D eigenvalue weighted by Gasteiger charge is 2.27. The Hall–Kier alpha value is -2.74. The number of carbonyl (C=O) groups is 2. The fourth-order valence-electron chi connectivity index (χ4n) is 3.04. The fraction of sp³-hybridized carbons (Fsp3) is 0.294. The van der Waals surface area contributed by atoms with E-state index in [1.54, 1.807) is 0 Å². The number of nitrogens with one attached hydrogen (secondary N) is 1. The van der Waals surface area contributed by atoms with Crippen LogP contribution in [0.1, 0.15) is 44.5 Å².